The van der Waals surface area contributed by atoms with E-state index in [9.17, 15) is 4.79 Å². The van der Waals surface area contributed by atoms with Crippen LogP contribution in [0.4, 0.5) is 0 Å². The minimum absolute atomic E-state index is 0.0530. The Hall–Kier alpha value is -1.95. The predicted molar refractivity (Wildman–Crippen MR) is 91.5 cm³/mol. The third-order valence-electron chi connectivity index (χ3n) is 4.40. The number of para-hydroxylation sites is 1. The lowest BCUT2D eigenvalue weighted by Gasteiger charge is -2.23. The number of carbonyl (C=O) groups excluding carboxylic acids is 1. The van der Waals surface area contributed by atoms with E-state index in [-0.39, 0.29) is 12.0 Å². The Morgan fingerprint density at radius 2 is 2.35 bits per heavy atom. The molecule has 4 rings (SSSR count). The average Bonchev–Trinajstić information content (AvgIpc) is 3.23. The van der Waals surface area contributed by atoms with E-state index in [0.29, 0.717) is 13.0 Å². The molecule has 1 amide bonds. The van der Waals surface area contributed by atoms with Crippen LogP contribution >= 0.6 is 11.8 Å². The van der Waals surface area contributed by atoms with E-state index in [1.54, 1.807) is 16.7 Å². The topological polar surface area (TPSA) is 45.1 Å². The maximum atomic E-state index is 12.5. The monoisotopic (exact) mass is 329 g/mol. The second-order valence-corrected chi connectivity index (χ2v) is 6.88. The number of rotatable bonds is 4. The molecule has 0 spiro atoms. The summed E-state index contributed by atoms with van der Waals surface area (Å²) in [4.78, 5) is 20.9. The first-order valence-corrected chi connectivity index (χ1v) is 8.75. The predicted octanol–water partition coefficient (Wildman–Crippen LogP) is 2.10. The number of thioether (sulfide) groups is 1. The van der Waals surface area contributed by atoms with Crippen molar-refractivity contribution in [3.63, 3.8) is 0 Å². The summed E-state index contributed by atoms with van der Waals surface area (Å²) >= 11 is 1.62. The van der Waals surface area contributed by atoms with Crippen molar-refractivity contribution in [2.75, 3.05) is 26.7 Å². The van der Waals surface area contributed by atoms with Gasteiger partial charge in [-0.2, -0.15) is 0 Å². The van der Waals surface area contributed by atoms with Crippen LogP contribution in [0.25, 0.3) is 0 Å². The lowest BCUT2D eigenvalue weighted by atomic mass is 10.1. The van der Waals surface area contributed by atoms with Gasteiger partial charge in [0.05, 0.1) is 19.5 Å². The lowest BCUT2D eigenvalue weighted by Crippen LogP contribution is -2.37. The highest BCUT2D eigenvalue weighted by atomic mass is 32.2. The number of ether oxygens (including phenoxy) is 1. The number of nitrogens with zero attached hydrogens (tertiary/aromatic N) is 3. The number of hydrogen-bond donors (Lipinski definition) is 0. The van der Waals surface area contributed by atoms with Crippen LogP contribution in [0.3, 0.4) is 0 Å². The normalized spacial score (nSPS) is 21.4. The second kappa shape index (κ2) is 5.92. The Morgan fingerprint density at radius 1 is 1.48 bits per heavy atom. The van der Waals surface area contributed by atoms with Crippen molar-refractivity contribution >= 4 is 22.8 Å². The van der Waals surface area contributed by atoms with E-state index < -0.39 is 0 Å². The van der Waals surface area contributed by atoms with Gasteiger partial charge in [0.15, 0.2) is 5.17 Å². The van der Waals surface area contributed by atoms with Crippen LogP contribution in [0, 0.1) is 0 Å². The summed E-state index contributed by atoms with van der Waals surface area (Å²) in [5, 5.41) is 3.08. The fourth-order valence-electron chi connectivity index (χ4n) is 3.17. The molecule has 0 aliphatic carbocycles. The van der Waals surface area contributed by atoms with Crippen molar-refractivity contribution in [3.05, 3.63) is 40.9 Å². The molecule has 1 atom stereocenters. The van der Waals surface area contributed by atoms with Gasteiger partial charge in [-0.25, -0.2) is 0 Å². The van der Waals surface area contributed by atoms with Crippen molar-refractivity contribution in [2.24, 2.45) is 4.99 Å². The van der Waals surface area contributed by atoms with Crippen molar-refractivity contribution < 1.29 is 9.53 Å². The average molecular weight is 329 g/mol. The maximum Gasteiger partial charge on any atom is 0.228 e. The fourth-order valence-corrected chi connectivity index (χ4v) is 4.12. The molecule has 6 heteroatoms. The molecule has 23 heavy (non-hydrogen) atoms. The highest BCUT2D eigenvalue weighted by Crippen LogP contribution is 2.31. The van der Waals surface area contributed by atoms with Gasteiger partial charge >= 0.3 is 0 Å². The van der Waals surface area contributed by atoms with Crippen LogP contribution in [-0.4, -0.2) is 53.7 Å². The number of benzene rings is 1. The summed E-state index contributed by atoms with van der Waals surface area (Å²) in [5.41, 5.74) is 2.30. The van der Waals surface area contributed by atoms with Gasteiger partial charge in [0.25, 0.3) is 0 Å². The van der Waals surface area contributed by atoms with E-state index in [1.165, 1.54) is 5.56 Å². The highest BCUT2D eigenvalue weighted by Gasteiger charge is 2.29. The van der Waals surface area contributed by atoms with Crippen LogP contribution in [0.5, 0.6) is 5.75 Å². The highest BCUT2D eigenvalue weighted by molar-refractivity contribution is 8.16. The Labute approximate surface area is 140 Å². The standard InChI is InChI=1S/C17H19N3O2S/c1-19(10-14-8-12-4-2-3-5-15(12)22-14)16(21)9-13-11-23-17-18-6-7-20(13)17/h2-5,11,14H,6-10H2,1H3/t14-/m0/s1. The summed E-state index contributed by atoms with van der Waals surface area (Å²) in [5.74, 6) is 1.08. The van der Waals surface area contributed by atoms with Gasteiger partial charge in [0.1, 0.15) is 11.9 Å². The Bertz CT molecular complexity index is 676. The number of amides is 1. The number of amidine groups is 1. The minimum atomic E-state index is 0.0530. The fraction of sp³-hybridized carbons (Fsp3) is 0.412. The molecule has 0 saturated carbocycles. The minimum Gasteiger partial charge on any atom is -0.488 e. The van der Waals surface area contributed by atoms with Crippen molar-refractivity contribution in [2.45, 2.75) is 18.9 Å². The smallest absolute Gasteiger partial charge is 0.228 e. The maximum absolute atomic E-state index is 12.5. The van der Waals surface area contributed by atoms with E-state index >= 15 is 0 Å². The zero-order valence-corrected chi connectivity index (χ0v) is 13.9. The molecule has 0 radical (unpaired) electrons. The largest absolute Gasteiger partial charge is 0.488 e. The van der Waals surface area contributed by atoms with Crippen LogP contribution in [0.2, 0.25) is 0 Å². The Balaban J connectivity index is 1.32. The van der Waals surface area contributed by atoms with E-state index in [1.807, 2.05) is 30.7 Å². The molecule has 0 bridgehead atoms. The molecule has 1 aromatic rings. The molecule has 1 aromatic carbocycles. The van der Waals surface area contributed by atoms with Gasteiger partial charge in [-0.1, -0.05) is 30.0 Å². The van der Waals surface area contributed by atoms with Crippen LogP contribution in [-0.2, 0) is 11.2 Å². The lowest BCUT2D eigenvalue weighted by molar-refractivity contribution is -0.130. The Kier molecular flexibility index (Phi) is 3.77. The van der Waals surface area contributed by atoms with Crippen LogP contribution < -0.4 is 4.74 Å². The first-order valence-electron chi connectivity index (χ1n) is 7.87. The molecule has 3 heterocycles. The quantitative estimate of drug-likeness (QED) is 0.849. The number of hydrogen-bond acceptors (Lipinski definition) is 5. The van der Waals surface area contributed by atoms with Crippen LogP contribution in [0.15, 0.2) is 40.4 Å². The van der Waals surface area contributed by atoms with Gasteiger partial charge in [0, 0.05) is 25.7 Å². The molecule has 3 aliphatic rings. The summed E-state index contributed by atoms with van der Waals surface area (Å²) in [6.45, 7) is 2.35. The van der Waals surface area contributed by atoms with Gasteiger partial charge in [0.2, 0.25) is 5.91 Å². The zero-order chi connectivity index (χ0) is 15.8. The molecule has 0 unspecified atom stereocenters. The Morgan fingerprint density at radius 3 is 3.22 bits per heavy atom. The molecule has 5 nitrogen and oxygen atoms in total. The van der Waals surface area contributed by atoms with Crippen molar-refractivity contribution in [1.29, 1.82) is 0 Å². The van der Waals surface area contributed by atoms with Crippen LogP contribution in [0.1, 0.15) is 12.0 Å². The third kappa shape index (κ3) is 2.83. The number of likely N-dealkylation sites (N-methyl/N-ethyl adjacent to an activating group) is 1. The first-order chi connectivity index (χ1) is 11.2. The number of aliphatic imine (C=N–C) groups is 1. The summed E-state index contributed by atoms with van der Waals surface area (Å²) in [7, 11) is 1.86. The number of carbonyl (C=O) groups is 1. The van der Waals surface area contributed by atoms with Gasteiger partial charge in [-0.15, -0.1) is 0 Å². The van der Waals surface area contributed by atoms with Crippen molar-refractivity contribution in [3.8, 4) is 5.75 Å². The molecule has 0 saturated heterocycles. The first kappa shape index (κ1) is 14.6. The molecule has 120 valence electrons. The molecule has 3 aliphatic heterocycles. The molecular formula is C17H19N3O2S. The van der Waals surface area contributed by atoms with Gasteiger partial charge < -0.3 is 14.5 Å². The van der Waals surface area contributed by atoms with E-state index in [4.69, 9.17) is 4.74 Å². The van der Waals surface area contributed by atoms with Gasteiger partial charge in [-0.3, -0.25) is 9.79 Å². The van der Waals surface area contributed by atoms with E-state index in [0.717, 1.165) is 36.1 Å². The molecule has 0 N–H and O–H groups in total. The van der Waals surface area contributed by atoms with Gasteiger partial charge in [-0.05, 0) is 17.0 Å². The molecule has 0 fully saturated rings. The zero-order valence-electron chi connectivity index (χ0n) is 13.1. The summed E-state index contributed by atoms with van der Waals surface area (Å²) in [6.07, 6.45) is 1.36. The number of fused-ring (bicyclic) bond motifs is 2. The molecular weight excluding hydrogens is 310 g/mol. The summed E-state index contributed by atoms with van der Waals surface area (Å²) in [6, 6.07) is 8.09. The van der Waals surface area contributed by atoms with Crippen molar-refractivity contribution in [1.82, 2.24) is 9.80 Å². The van der Waals surface area contributed by atoms with E-state index in [2.05, 4.69) is 16.0 Å². The summed E-state index contributed by atoms with van der Waals surface area (Å²) < 4.78 is 5.92. The molecule has 0 aromatic heterocycles. The SMILES string of the molecule is CN(C[C@@H]1Cc2ccccc2O1)C(=O)CC1=CSC2=NCCN12. The third-order valence-corrected chi connectivity index (χ3v) is 5.35. The second-order valence-electron chi connectivity index (χ2n) is 6.05.